The van der Waals surface area contributed by atoms with Gasteiger partial charge in [0.05, 0.1) is 0 Å². The number of nitrogens with two attached hydrogens (primary N) is 1. The molecular formula is C18H30N2. The molecule has 0 heterocycles. The smallest absolute Gasteiger partial charge is 0.0476 e. The molecular weight excluding hydrogens is 244 g/mol. The van der Waals surface area contributed by atoms with Crippen molar-refractivity contribution in [1.82, 2.24) is 4.90 Å². The molecule has 1 aliphatic rings. The van der Waals surface area contributed by atoms with Gasteiger partial charge < -0.3 is 5.73 Å². The van der Waals surface area contributed by atoms with E-state index in [1.165, 1.54) is 35.1 Å². The molecule has 0 amide bonds. The molecule has 1 aromatic carbocycles. The van der Waals surface area contributed by atoms with Crippen LogP contribution < -0.4 is 5.73 Å². The molecule has 112 valence electrons. The van der Waals surface area contributed by atoms with Gasteiger partial charge in [-0.1, -0.05) is 26.0 Å². The number of hydrogen-bond acceptors (Lipinski definition) is 2. The average Bonchev–Trinajstić information content (AvgIpc) is 3.18. The van der Waals surface area contributed by atoms with Gasteiger partial charge in [0, 0.05) is 25.2 Å². The van der Waals surface area contributed by atoms with Crippen LogP contribution in [0.15, 0.2) is 12.1 Å². The number of nitrogens with zero attached hydrogens (tertiary/aromatic N) is 1. The maximum atomic E-state index is 6.16. The van der Waals surface area contributed by atoms with Gasteiger partial charge in [0.15, 0.2) is 0 Å². The molecule has 0 saturated heterocycles. The van der Waals surface area contributed by atoms with Crippen LogP contribution in [-0.2, 0) is 0 Å². The van der Waals surface area contributed by atoms with Gasteiger partial charge >= 0.3 is 0 Å². The maximum Gasteiger partial charge on any atom is 0.0476 e. The average molecular weight is 274 g/mol. The summed E-state index contributed by atoms with van der Waals surface area (Å²) in [5.41, 5.74) is 11.7. The summed E-state index contributed by atoms with van der Waals surface area (Å²) in [5, 5.41) is 0. The van der Waals surface area contributed by atoms with Crippen molar-refractivity contribution < 1.29 is 0 Å². The predicted octanol–water partition coefficient (Wildman–Crippen LogP) is 3.73. The SMILES string of the molecule is Cc1cc(C)c(C(CN)N(CC(C)C)C2CC2)cc1C. The zero-order valence-electron chi connectivity index (χ0n) is 13.7. The van der Waals surface area contributed by atoms with E-state index in [1.54, 1.807) is 0 Å². The summed E-state index contributed by atoms with van der Waals surface area (Å²) >= 11 is 0. The molecule has 2 rings (SSSR count). The number of hydrogen-bond donors (Lipinski definition) is 1. The predicted molar refractivity (Wildman–Crippen MR) is 87.0 cm³/mol. The second-order valence-electron chi connectivity index (χ2n) is 6.87. The zero-order valence-corrected chi connectivity index (χ0v) is 13.7. The Hall–Kier alpha value is -0.860. The Morgan fingerprint density at radius 2 is 1.70 bits per heavy atom. The standard InChI is InChI=1S/C18H30N2/c1-12(2)11-20(16-6-7-16)18(10-19)17-9-14(4)13(3)8-15(17)5/h8-9,12,16,18H,6-7,10-11,19H2,1-5H3. The molecule has 0 aromatic heterocycles. The molecule has 1 fully saturated rings. The van der Waals surface area contributed by atoms with Crippen molar-refractivity contribution in [3.05, 3.63) is 34.4 Å². The maximum absolute atomic E-state index is 6.16. The Kier molecular flexibility index (Phi) is 4.87. The second-order valence-corrected chi connectivity index (χ2v) is 6.87. The first-order chi connectivity index (χ1) is 9.43. The molecule has 0 bridgehead atoms. The normalized spacial score (nSPS) is 17.0. The minimum Gasteiger partial charge on any atom is -0.329 e. The minimum absolute atomic E-state index is 0.379. The first-order valence-electron chi connectivity index (χ1n) is 7.97. The largest absolute Gasteiger partial charge is 0.329 e. The van der Waals surface area contributed by atoms with Crippen LogP contribution in [0.1, 0.15) is 55.0 Å². The van der Waals surface area contributed by atoms with Crippen molar-refractivity contribution in [2.45, 2.75) is 59.5 Å². The highest BCUT2D eigenvalue weighted by atomic mass is 15.2. The van der Waals surface area contributed by atoms with Crippen molar-refractivity contribution >= 4 is 0 Å². The summed E-state index contributed by atoms with van der Waals surface area (Å²) in [6.07, 6.45) is 2.68. The second kappa shape index (κ2) is 6.28. The molecule has 1 aliphatic carbocycles. The van der Waals surface area contributed by atoms with Crippen molar-refractivity contribution in [3.8, 4) is 0 Å². The van der Waals surface area contributed by atoms with Crippen molar-refractivity contribution in [3.63, 3.8) is 0 Å². The third kappa shape index (κ3) is 3.42. The van der Waals surface area contributed by atoms with E-state index in [0.29, 0.717) is 18.5 Å². The van der Waals surface area contributed by atoms with Crippen LogP contribution in [0.3, 0.4) is 0 Å². The molecule has 1 saturated carbocycles. The summed E-state index contributed by atoms with van der Waals surface area (Å²) in [5.74, 6) is 0.691. The molecule has 1 aromatic rings. The van der Waals surface area contributed by atoms with E-state index in [2.05, 4.69) is 51.7 Å². The summed E-state index contributed by atoms with van der Waals surface area (Å²) in [7, 11) is 0. The number of aryl methyl sites for hydroxylation is 3. The van der Waals surface area contributed by atoms with Gasteiger partial charge in [-0.15, -0.1) is 0 Å². The minimum atomic E-state index is 0.379. The van der Waals surface area contributed by atoms with E-state index in [1.807, 2.05) is 0 Å². The van der Waals surface area contributed by atoms with Gasteiger partial charge in [0.1, 0.15) is 0 Å². The van der Waals surface area contributed by atoms with E-state index in [0.717, 1.165) is 12.6 Å². The summed E-state index contributed by atoms with van der Waals surface area (Å²) in [6, 6.07) is 5.81. The molecule has 2 heteroatoms. The molecule has 1 atom stereocenters. The third-order valence-electron chi connectivity index (χ3n) is 4.46. The summed E-state index contributed by atoms with van der Waals surface area (Å²) in [6.45, 7) is 13.1. The first kappa shape index (κ1) is 15.5. The molecule has 2 nitrogen and oxygen atoms in total. The van der Waals surface area contributed by atoms with Crippen LogP contribution in [0.5, 0.6) is 0 Å². The lowest BCUT2D eigenvalue weighted by Gasteiger charge is -2.34. The van der Waals surface area contributed by atoms with E-state index in [9.17, 15) is 0 Å². The fourth-order valence-corrected chi connectivity index (χ4v) is 3.14. The van der Waals surface area contributed by atoms with Crippen LogP contribution in [-0.4, -0.2) is 24.0 Å². The lowest BCUT2D eigenvalue weighted by atomic mass is 9.94. The van der Waals surface area contributed by atoms with Gasteiger partial charge in [-0.25, -0.2) is 0 Å². The Morgan fingerprint density at radius 1 is 1.10 bits per heavy atom. The third-order valence-corrected chi connectivity index (χ3v) is 4.46. The van der Waals surface area contributed by atoms with Gasteiger partial charge in [-0.05, 0) is 61.8 Å². The van der Waals surface area contributed by atoms with Crippen LogP contribution in [0, 0.1) is 26.7 Å². The number of benzene rings is 1. The van der Waals surface area contributed by atoms with Gasteiger partial charge in [-0.2, -0.15) is 0 Å². The van der Waals surface area contributed by atoms with Crippen LogP contribution in [0.2, 0.25) is 0 Å². The molecule has 2 N–H and O–H groups in total. The van der Waals surface area contributed by atoms with Crippen molar-refractivity contribution in [2.75, 3.05) is 13.1 Å². The molecule has 0 aliphatic heterocycles. The Morgan fingerprint density at radius 3 is 2.20 bits per heavy atom. The van der Waals surface area contributed by atoms with Gasteiger partial charge in [0.2, 0.25) is 0 Å². The lowest BCUT2D eigenvalue weighted by molar-refractivity contribution is 0.169. The first-order valence-corrected chi connectivity index (χ1v) is 7.97. The highest BCUT2D eigenvalue weighted by molar-refractivity contribution is 5.38. The zero-order chi connectivity index (χ0) is 14.9. The quantitative estimate of drug-likeness (QED) is 0.856. The fraction of sp³-hybridized carbons (Fsp3) is 0.667. The van der Waals surface area contributed by atoms with Crippen LogP contribution in [0.25, 0.3) is 0 Å². The topological polar surface area (TPSA) is 29.3 Å². The van der Waals surface area contributed by atoms with Crippen molar-refractivity contribution in [1.29, 1.82) is 0 Å². The van der Waals surface area contributed by atoms with Gasteiger partial charge in [0.25, 0.3) is 0 Å². The Bertz CT molecular complexity index is 461. The Balaban J connectivity index is 2.32. The van der Waals surface area contributed by atoms with E-state index < -0.39 is 0 Å². The highest BCUT2D eigenvalue weighted by Crippen LogP contribution is 2.36. The van der Waals surface area contributed by atoms with E-state index in [-0.39, 0.29) is 0 Å². The molecule has 20 heavy (non-hydrogen) atoms. The van der Waals surface area contributed by atoms with Crippen LogP contribution >= 0.6 is 0 Å². The summed E-state index contributed by atoms with van der Waals surface area (Å²) < 4.78 is 0. The van der Waals surface area contributed by atoms with Gasteiger partial charge in [-0.3, -0.25) is 4.90 Å². The molecule has 0 radical (unpaired) electrons. The lowest BCUT2D eigenvalue weighted by Crippen LogP contribution is -2.38. The molecule has 1 unspecified atom stereocenters. The van der Waals surface area contributed by atoms with E-state index >= 15 is 0 Å². The Labute approximate surface area is 124 Å². The van der Waals surface area contributed by atoms with Crippen molar-refractivity contribution in [2.24, 2.45) is 11.7 Å². The van der Waals surface area contributed by atoms with E-state index in [4.69, 9.17) is 5.73 Å². The monoisotopic (exact) mass is 274 g/mol. The highest BCUT2D eigenvalue weighted by Gasteiger charge is 2.34. The number of rotatable bonds is 6. The fourth-order valence-electron chi connectivity index (χ4n) is 3.14. The van der Waals surface area contributed by atoms with Crippen LogP contribution in [0.4, 0.5) is 0 Å². The summed E-state index contributed by atoms with van der Waals surface area (Å²) in [4.78, 5) is 2.65. The molecule has 0 spiro atoms.